The van der Waals surface area contributed by atoms with Crippen LogP contribution >= 0.6 is 34.2 Å². The Labute approximate surface area is 822 Å². The van der Waals surface area contributed by atoms with Gasteiger partial charge in [0.1, 0.15) is 92.6 Å². The molecular weight excluding hydrogens is 1940 g/mol. The van der Waals surface area contributed by atoms with E-state index in [2.05, 4.69) is 67.6 Å². The van der Waals surface area contributed by atoms with Crippen LogP contribution < -0.4 is 45.2 Å². The van der Waals surface area contributed by atoms with E-state index in [0.717, 1.165) is 77.9 Å². The molecule has 0 fully saturated rings. The number of para-hydroxylation sites is 4. The summed E-state index contributed by atoms with van der Waals surface area (Å²) >= 11 is 8.36. The molecule has 12 aromatic heterocycles. The largest absolute Gasteiger partial charge is 0.383 e. The molecule has 0 saturated heterocycles. The fourth-order valence-electron chi connectivity index (χ4n) is 18.4. The molecule has 142 heavy (non-hydrogen) atoms. The average molecular weight is 2020 g/mol. The third kappa shape index (κ3) is 17.1. The van der Waals surface area contributed by atoms with Crippen LogP contribution in [0.3, 0.4) is 0 Å². The van der Waals surface area contributed by atoms with Crippen LogP contribution in [0.2, 0.25) is 5.02 Å². The van der Waals surface area contributed by atoms with Gasteiger partial charge in [0.25, 0.3) is 22.2 Å². The van der Waals surface area contributed by atoms with Gasteiger partial charge in [-0.1, -0.05) is 181 Å². The molecule has 0 amide bonds. The summed E-state index contributed by atoms with van der Waals surface area (Å²) in [7, 11) is 0. The summed E-state index contributed by atoms with van der Waals surface area (Å²) < 4.78 is 71.5. The molecule has 0 radical (unpaired) electrons. The molecule has 0 atom stereocenters. The van der Waals surface area contributed by atoms with E-state index in [0.29, 0.717) is 138 Å². The number of anilines is 4. The van der Waals surface area contributed by atoms with Crippen molar-refractivity contribution in [2.45, 2.75) is 67.7 Å². The first-order valence-electron chi connectivity index (χ1n) is 44.7. The maximum absolute atomic E-state index is 15.0. The van der Waals surface area contributed by atoms with Gasteiger partial charge in [-0.3, -0.25) is 37.4 Å². The zero-order chi connectivity index (χ0) is 98.7. The van der Waals surface area contributed by atoms with Gasteiger partial charge < -0.3 is 22.9 Å². The summed E-state index contributed by atoms with van der Waals surface area (Å²) in [4.78, 5) is 89.3. The number of fused-ring (bicyclic) bond motifs is 8. The third-order valence-corrected chi connectivity index (χ3v) is 26.0. The van der Waals surface area contributed by atoms with Gasteiger partial charge in [0.05, 0.1) is 92.0 Å². The molecule has 11 aromatic carbocycles. The minimum atomic E-state index is -0.545. The molecule has 8 N–H and O–H groups in total. The van der Waals surface area contributed by atoms with Crippen molar-refractivity contribution in [3.05, 3.63) is 422 Å². The number of aryl methyl sites for hydroxylation is 6. The molecule has 0 aliphatic carbocycles. The van der Waals surface area contributed by atoms with E-state index < -0.39 is 23.0 Å². The first kappa shape index (κ1) is 92.1. The zero-order valence-corrected chi connectivity index (χ0v) is 79.6. The molecule has 0 unspecified atom stereocenters. The number of pyridine rings is 4. The molecule has 0 aliphatic rings. The molecular formula is C108H82ClF4IN24O4. The summed E-state index contributed by atoms with van der Waals surface area (Å²) in [6.45, 7) is 12.5. The lowest BCUT2D eigenvalue weighted by Crippen LogP contribution is -2.25. The monoisotopic (exact) mass is 2020 g/mol. The smallest absolute Gasteiger partial charge is 0.266 e. The van der Waals surface area contributed by atoms with Gasteiger partial charge in [-0.25, -0.2) is 76.2 Å². The first-order chi connectivity index (χ1) is 68.7. The number of aromatic nitrogens is 20. The topological polar surface area (TPSA) is 366 Å². The number of rotatable bonds is 15. The highest BCUT2D eigenvalue weighted by atomic mass is 127. The Morgan fingerprint density at radius 1 is 0.282 bits per heavy atom. The Bertz CT molecular complexity index is 8680. The fraction of sp³-hybridized carbons (Fsp3) is 0.0926. The average Bonchev–Trinajstić information content (AvgIpc) is 1.52. The molecule has 23 rings (SSSR count). The molecule has 700 valence electrons. The van der Waals surface area contributed by atoms with Crippen LogP contribution in [-0.2, 0) is 26.2 Å². The van der Waals surface area contributed by atoms with Crippen LogP contribution in [0.5, 0.6) is 0 Å². The lowest BCUT2D eigenvalue weighted by atomic mass is 10.1. The van der Waals surface area contributed by atoms with Crippen molar-refractivity contribution in [3.63, 3.8) is 0 Å². The van der Waals surface area contributed by atoms with Crippen molar-refractivity contribution in [2.75, 3.05) is 22.9 Å². The summed E-state index contributed by atoms with van der Waals surface area (Å²) in [6.07, 6.45) is 5.51. The summed E-state index contributed by atoms with van der Waals surface area (Å²) in [5.41, 5.74) is 39.9. The predicted octanol–water partition coefficient (Wildman–Crippen LogP) is 19.7. The SMILES string of the molecule is Cc1cccc2cc(Cn3nc(-c4cccc(F)c4)c4c(N)ncnc43)n(-c3ccccc3F)c(=O)c12.Cc1ccccc1-n1c(Cn2nc(-c3cccc(Cl)c3)c3c(N)ncnc32)cc2cccc(C)c2c1=O.Cc1ccccc1-n1c(Cn2nc(-c3cccc(F)c3)c3c(N)ncnc32)cc2cccc(C)c2c1=O.Cc1ccccc1-n1c(Cn2nc(I)c3c(N)ncnc32)cc2cccc(F)c2c1=O. The van der Waals surface area contributed by atoms with E-state index in [-0.39, 0.29) is 64.8 Å². The van der Waals surface area contributed by atoms with Gasteiger partial charge in [0.2, 0.25) is 0 Å². The minimum absolute atomic E-state index is 0.0565. The highest BCUT2D eigenvalue weighted by molar-refractivity contribution is 14.1. The number of halogens is 6. The maximum Gasteiger partial charge on any atom is 0.266 e. The van der Waals surface area contributed by atoms with Crippen LogP contribution in [0.25, 0.3) is 144 Å². The van der Waals surface area contributed by atoms with Crippen LogP contribution in [0.1, 0.15) is 56.2 Å². The van der Waals surface area contributed by atoms with Crippen LogP contribution in [-0.4, -0.2) is 97.3 Å². The number of nitrogens with zero attached hydrogens (tertiary/aromatic N) is 20. The zero-order valence-electron chi connectivity index (χ0n) is 76.7. The second kappa shape index (κ2) is 38.1. The summed E-state index contributed by atoms with van der Waals surface area (Å²) in [5, 5.41) is 26.8. The Morgan fingerprint density at radius 3 is 0.923 bits per heavy atom. The van der Waals surface area contributed by atoms with Crippen molar-refractivity contribution in [1.82, 2.24) is 97.3 Å². The van der Waals surface area contributed by atoms with Gasteiger partial charge in [0.15, 0.2) is 22.6 Å². The normalized spacial score (nSPS) is 11.4. The molecule has 28 nitrogen and oxygen atoms in total. The highest BCUT2D eigenvalue weighted by Gasteiger charge is 2.28. The van der Waals surface area contributed by atoms with Crippen LogP contribution in [0.4, 0.5) is 40.8 Å². The molecule has 12 heterocycles. The number of hydrogen-bond acceptors (Lipinski definition) is 20. The van der Waals surface area contributed by atoms with Gasteiger partial charge >= 0.3 is 0 Å². The maximum atomic E-state index is 15.0. The Morgan fingerprint density at radius 2 is 0.563 bits per heavy atom. The van der Waals surface area contributed by atoms with Gasteiger partial charge in [-0.2, -0.15) is 20.4 Å². The van der Waals surface area contributed by atoms with E-state index in [4.69, 9.17) is 49.8 Å². The Balaban J connectivity index is 0.000000116. The third-order valence-electron chi connectivity index (χ3n) is 25.0. The van der Waals surface area contributed by atoms with Crippen molar-refractivity contribution in [1.29, 1.82) is 0 Å². The first-order valence-corrected chi connectivity index (χ1v) is 46.2. The molecule has 0 spiro atoms. The fourth-order valence-corrected chi connectivity index (χ4v) is 19.4. The minimum Gasteiger partial charge on any atom is -0.383 e. The van der Waals surface area contributed by atoms with E-state index in [1.54, 1.807) is 87.0 Å². The lowest BCUT2D eigenvalue weighted by molar-refractivity contribution is 0.606. The molecule has 0 bridgehead atoms. The lowest BCUT2D eigenvalue weighted by Gasteiger charge is -2.17. The number of nitrogen functional groups attached to an aromatic ring is 4. The van der Waals surface area contributed by atoms with Crippen molar-refractivity contribution < 1.29 is 17.6 Å². The molecule has 0 saturated carbocycles. The Kier molecular flexibility index (Phi) is 24.7. The molecule has 0 aliphatic heterocycles. The summed E-state index contributed by atoms with van der Waals surface area (Å²) in [6, 6.07) is 78.5. The number of hydrogen-bond donors (Lipinski definition) is 4. The van der Waals surface area contributed by atoms with Crippen molar-refractivity contribution in [3.8, 4) is 56.5 Å². The van der Waals surface area contributed by atoms with Crippen molar-refractivity contribution in [2.24, 2.45) is 0 Å². The van der Waals surface area contributed by atoms with Crippen LogP contribution in [0, 0.1) is 68.5 Å². The number of nitrogens with two attached hydrogens (primary N) is 4. The number of benzene rings is 11. The van der Waals surface area contributed by atoms with E-state index in [9.17, 15) is 36.7 Å². The van der Waals surface area contributed by atoms with Gasteiger partial charge in [-0.05, 0) is 216 Å². The molecule has 34 heteroatoms. The van der Waals surface area contributed by atoms with E-state index in [1.807, 2.05) is 217 Å². The van der Waals surface area contributed by atoms with E-state index >= 15 is 0 Å². The van der Waals surface area contributed by atoms with E-state index in [1.165, 1.54) is 66.3 Å². The standard InChI is InChI=1S/C29H23ClN6O.C29H23FN6O.C28H20F2N6O.C22H16FIN6O/c2*1-17-7-3-4-12-23(17)36-22(14-19-9-5-8-18(2)24(19)29(36)37)15-35-28-25(27(31)32-16-33-28)26(34-35)20-10-6-11-21(30)13-20;1-16-6-4-7-17-13-20(36(28(37)23(16)17)22-11-3-2-10-21(22)30)14-35-27-24(26(31)32-15-33-27)25(34-35)18-8-5-9-19(29)12-18;1-12-5-2-3-8-16(12)30-14(9-13-6-4-7-15(23)17(13)22(30)31)10-29-21-18(19(24)28-29)20(25)26-11-27-21/h2*3-14,16H,15H2,1-2H3,(H2,31,32,33);2-13,15H,14H2,1H3,(H2,31,32,33);2-9,11H,10H2,1H3,(H2,25,26,27). The van der Waals surface area contributed by atoms with Gasteiger partial charge in [0, 0.05) is 44.5 Å². The quantitative estimate of drug-likeness (QED) is 0.0547. The second-order valence-electron chi connectivity index (χ2n) is 34.1. The molecule has 23 aromatic rings. The second-order valence-corrected chi connectivity index (χ2v) is 35.5. The highest BCUT2D eigenvalue weighted by Crippen LogP contribution is 2.38. The summed E-state index contributed by atoms with van der Waals surface area (Å²) in [5.74, 6) is -0.763. The Hall–Kier alpha value is -17.6. The van der Waals surface area contributed by atoms with Gasteiger partial charge in [-0.15, -0.1) is 0 Å². The van der Waals surface area contributed by atoms with Crippen LogP contribution in [0.15, 0.2) is 311 Å². The van der Waals surface area contributed by atoms with Crippen molar-refractivity contribution >= 4 is 145 Å². The predicted molar refractivity (Wildman–Crippen MR) is 556 cm³/mol.